The van der Waals surface area contributed by atoms with Gasteiger partial charge in [0.15, 0.2) is 5.82 Å². The number of carboxylic acids is 1. The summed E-state index contributed by atoms with van der Waals surface area (Å²) in [6, 6.07) is 1.50. The maximum Gasteiger partial charge on any atom is 0.341 e. The molecule has 3 rings (SSSR count). The molecular formula is C14H15ClN4O3. The average molecular weight is 323 g/mol. The zero-order valence-electron chi connectivity index (χ0n) is 12.0. The van der Waals surface area contributed by atoms with E-state index in [1.165, 1.54) is 12.3 Å². The molecule has 1 saturated heterocycles. The van der Waals surface area contributed by atoms with Crippen molar-refractivity contribution in [2.24, 2.45) is 0 Å². The highest BCUT2D eigenvalue weighted by Crippen LogP contribution is 2.27. The molecule has 1 aliphatic rings. The van der Waals surface area contributed by atoms with Gasteiger partial charge in [0.2, 0.25) is 5.43 Å². The molecule has 3 heterocycles. The number of hydrogen-bond acceptors (Lipinski definition) is 5. The van der Waals surface area contributed by atoms with Crippen LogP contribution in [0.1, 0.15) is 23.7 Å². The number of aromatic carboxylic acids is 1. The average Bonchev–Trinajstić information content (AvgIpc) is 3.01. The molecule has 0 aliphatic carbocycles. The lowest BCUT2D eigenvalue weighted by Gasteiger charge is -2.19. The normalized spacial score (nSPS) is 14.7. The maximum atomic E-state index is 12.3. The third-order valence-corrected chi connectivity index (χ3v) is 3.95. The van der Waals surface area contributed by atoms with Crippen LogP contribution in [0.25, 0.3) is 11.0 Å². The van der Waals surface area contributed by atoms with E-state index >= 15 is 0 Å². The lowest BCUT2D eigenvalue weighted by molar-refractivity contribution is 0.0695. The Kier molecular flexibility index (Phi) is 3.76. The minimum absolute atomic E-state index is 0.217. The Labute approximate surface area is 131 Å². The number of rotatable bonds is 3. The van der Waals surface area contributed by atoms with Crippen LogP contribution in [0.2, 0.25) is 5.02 Å². The van der Waals surface area contributed by atoms with Crippen LogP contribution in [0.5, 0.6) is 0 Å². The van der Waals surface area contributed by atoms with E-state index in [9.17, 15) is 9.59 Å². The van der Waals surface area contributed by atoms with Gasteiger partial charge in [-0.05, 0) is 19.4 Å². The van der Waals surface area contributed by atoms with Crippen LogP contribution in [0.15, 0.2) is 17.1 Å². The summed E-state index contributed by atoms with van der Waals surface area (Å²) in [6.07, 6.45) is 2.31. The molecule has 0 amide bonds. The van der Waals surface area contributed by atoms with Crippen molar-refractivity contribution >= 4 is 34.4 Å². The third kappa shape index (κ3) is 2.32. The molecule has 2 aromatic rings. The smallest absolute Gasteiger partial charge is 0.341 e. The lowest BCUT2D eigenvalue weighted by atomic mass is 10.2. The van der Waals surface area contributed by atoms with Gasteiger partial charge in [-0.15, -0.1) is 0 Å². The van der Waals surface area contributed by atoms with E-state index in [-0.39, 0.29) is 10.9 Å². The topological polar surface area (TPSA) is 87.5 Å². The van der Waals surface area contributed by atoms with Crippen molar-refractivity contribution in [3.63, 3.8) is 0 Å². The number of nitrogens with zero attached hydrogens (tertiary/aromatic N) is 3. The first-order valence-corrected chi connectivity index (χ1v) is 7.38. The molecule has 2 aromatic heterocycles. The fourth-order valence-corrected chi connectivity index (χ4v) is 2.82. The summed E-state index contributed by atoms with van der Waals surface area (Å²) in [5.41, 5.74) is 2.76. The second-order valence-corrected chi connectivity index (χ2v) is 5.45. The number of halogens is 1. The van der Waals surface area contributed by atoms with Crippen molar-refractivity contribution in [2.75, 3.05) is 18.1 Å². The van der Waals surface area contributed by atoms with E-state index in [4.69, 9.17) is 16.7 Å². The van der Waals surface area contributed by atoms with Crippen LogP contribution in [0.3, 0.4) is 0 Å². The number of hydrogen-bond donors (Lipinski definition) is 2. The van der Waals surface area contributed by atoms with E-state index < -0.39 is 11.4 Å². The largest absolute Gasteiger partial charge is 0.477 e. The summed E-state index contributed by atoms with van der Waals surface area (Å²) in [5, 5.41) is 11.5. The van der Waals surface area contributed by atoms with Crippen molar-refractivity contribution in [3.05, 3.63) is 33.1 Å². The highest BCUT2D eigenvalue weighted by atomic mass is 35.5. The quantitative estimate of drug-likeness (QED) is 0.890. The van der Waals surface area contributed by atoms with Crippen molar-refractivity contribution < 1.29 is 9.90 Å². The van der Waals surface area contributed by atoms with Crippen LogP contribution in [-0.4, -0.2) is 33.7 Å². The number of pyridine rings is 2. The van der Waals surface area contributed by atoms with Crippen LogP contribution >= 0.6 is 11.6 Å². The van der Waals surface area contributed by atoms with Crippen LogP contribution < -0.4 is 15.9 Å². The summed E-state index contributed by atoms with van der Waals surface area (Å²) in [6.45, 7) is 3.98. The van der Waals surface area contributed by atoms with Crippen molar-refractivity contribution in [1.82, 2.24) is 15.0 Å². The molecule has 116 valence electrons. The van der Waals surface area contributed by atoms with Crippen LogP contribution in [-0.2, 0) is 6.54 Å². The molecule has 1 fully saturated rings. The number of carboxylic acid groups (broad SMARTS) is 1. The van der Waals surface area contributed by atoms with Gasteiger partial charge in [-0.3, -0.25) is 9.80 Å². The van der Waals surface area contributed by atoms with E-state index in [1.54, 1.807) is 4.57 Å². The second-order valence-electron chi connectivity index (χ2n) is 5.04. The molecule has 8 heteroatoms. The standard InChI is InChI=1S/C14H15ClN4O3/c1-2-18-7-9(14(21)22)11(20)8-6-10(15)13(17-12(8)18)19-5-3-4-16-19/h6-7,16H,2-5H2,1H3,(H,21,22). The van der Waals surface area contributed by atoms with Gasteiger partial charge >= 0.3 is 5.97 Å². The van der Waals surface area contributed by atoms with Crippen molar-refractivity contribution in [3.8, 4) is 0 Å². The van der Waals surface area contributed by atoms with E-state index in [2.05, 4.69) is 10.4 Å². The molecule has 0 bridgehead atoms. The van der Waals surface area contributed by atoms with Gasteiger partial charge in [-0.2, -0.15) is 0 Å². The monoisotopic (exact) mass is 322 g/mol. The molecule has 0 saturated carbocycles. The Hall–Kier alpha value is -2.12. The van der Waals surface area contributed by atoms with Gasteiger partial charge in [-0.25, -0.2) is 15.2 Å². The van der Waals surface area contributed by atoms with Gasteiger partial charge < -0.3 is 9.67 Å². The zero-order chi connectivity index (χ0) is 15.9. The molecule has 0 spiro atoms. The number of nitrogens with one attached hydrogen (secondary N) is 1. The number of aromatic nitrogens is 2. The molecule has 22 heavy (non-hydrogen) atoms. The molecule has 1 aliphatic heterocycles. The van der Waals surface area contributed by atoms with Gasteiger partial charge in [0.25, 0.3) is 0 Å². The summed E-state index contributed by atoms with van der Waals surface area (Å²) in [7, 11) is 0. The summed E-state index contributed by atoms with van der Waals surface area (Å²) >= 11 is 6.24. The molecule has 0 aromatic carbocycles. The fraction of sp³-hybridized carbons (Fsp3) is 0.357. The van der Waals surface area contributed by atoms with Crippen molar-refractivity contribution in [1.29, 1.82) is 0 Å². The highest BCUT2D eigenvalue weighted by molar-refractivity contribution is 6.33. The SMILES string of the molecule is CCn1cc(C(=O)O)c(=O)c2cc(Cl)c(N3CCCN3)nc21. The number of carbonyl (C=O) groups is 1. The molecule has 0 atom stereocenters. The predicted molar refractivity (Wildman–Crippen MR) is 83.6 cm³/mol. The third-order valence-electron chi connectivity index (χ3n) is 3.67. The van der Waals surface area contributed by atoms with E-state index in [0.717, 1.165) is 19.5 Å². The lowest BCUT2D eigenvalue weighted by Crippen LogP contribution is -2.32. The maximum absolute atomic E-state index is 12.3. The molecular weight excluding hydrogens is 308 g/mol. The van der Waals surface area contributed by atoms with Gasteiger partial charge in [0, 0.05) is 25.8 Å². The first kappa shape index (κ1) is 14.8. The molecule has 0 unspecified atom stereocenters. The molecule has 0 radical (unpaired) electrons. The molecule has 2 N–H and O–H groups in total. The fourth-order valence-electron chi connectivity index (χ4n) is 2.57. The summed E-state index contributed by atoms with van der Waals surface area (Å²) in [5.74, 6) is -0.702. The summed E-state index contributed by atoms with van der Waals surface area (Å²) < 4.78 is 1.65. The van der Waals surface area contributed by atoms with E-state index in [1.807, 2.05) is 11.9 Å². The Balaban J connectivity index is 2.30. The number of aryl methyl sites for hydroxylation is 1. The predicted octanol–water partition coefficient (Wildman–Crippen LogP) is 1.48. The Morgan fingerprint density at radius 3 is 2.91 bits per heavy atom. The number of hydrazine groups is 1. The number of fused-ring (bicyclic) bond motifs is 1. The minimum Gasteiger partial charge on any atom is -0.477 e. The highest BCUT2D eigenvalue weighted by Gasteiger charge is 2.21. The van der Waals surface area contributed by atoms with Gasteiger partial charge in [-0.1, -0.05) is 11.6 Å². The van der Waals surface area contributed by atoms with E-state index in [0.29, 0.717) is 23.0 Å². The summed E-state index contributed by atoms with van der Waals surface area (Å²) in [4.78, 5) is 28.0. The first-order chi connectivity index (χ1) is 10.5. The van der Waals surface area contributed by atoms with Crippen LogP contribution in [0, 0.1) is 0 Å². The Morgan fingerprint density at radius 2 is 2.32 bits per heavy atom. The first-order valence-electron chi connectivity index (χ1n) is 7.01. The number of anilines is 1. The Bertz CT molecular complexity index is 812. The zero-order valence-corrected chi connectivity index (χ0v) is 12.7. The van der Waals surface area contributed by atoms with Crippen molar-refractivity contribution in [2.45, 2.75) is 19.9 Å². The van der Waals surface area contributed by atoms with Gasteiger partial charge in [0.05, 0.1) is 10.4 Å². The second kappa shape index (κ2) is 5.58. The minimum atomic E-state index is -1.25. The van der Waals surface area contributed by atoms with Crippen LogP contribution in [0.4, 0.5) is 5.82 Å². The molecule has 7 nitrogen and oxygen atoms in total. The Morgan fingerprint density at radius 1 is 1.55 bits per heavy atom. The van der Waals surface area contributed by atoms with Gasteiger partial charge in [0.1, 0.15) is 11.2 Å².